The van der Waals surface area contributed by atoms with Crippen molar-refractivity contribution in [3.05, 3.63) is 191 Å². The van der Waals surface area contributed by atoms with Crippen LogP contribution in [0.25, 0.3) is 21.5 Å². The van der Waals surface area contributed by atoms with Crippen LogP contribution in [0.15, 0.2) is 178 Å². The van der Waals surface area contributed by atoms with Crippen LogP contribution in [0.4, 0.5) is 43.7 Å². The summed E-state index contributed by atoms with van der Waals surface area (Å²) >= 11 is 0. The minimum absolute atomic E-state index is 0.136. The summed E-state index contributed by atoms with van der Waals surface area (Å²) in [6.45, 7) is 3.85. The third-order valence-electron chi connectivity index (χ3n) is 10.3. The van der Waals surface area contributed by atoms with Crippen LogP contribution in [-0.2, 0) is 0 Å². The number of urea groups is 2. The largest absolute Gasteiger partial charge is 0.506 e. The summed E-state index contributed by atoms with van der Waals surface area (Å²) in [6.07, 6.45) is 0. The van der Waals surface area contributed by atoms with Gasteiger partial charge in [0.25, 0.3) is 11.8 Å². The van der Waals surface area contributed by atoms with Crippen molar-refractivity contribution in [1.82, 2.24) is 10.6 Å². The molecule has 15 heteroatoms. The summed E-state index contributed by atoms with van der Waals surface area (Å²) in [5.74, 6) is -1.76. The maximum atomic E-state index is 13.4. The van der Waals surface area contributed by atoms with Crippen LogP contribution < -0.4 is 21.3 Å². The molecule has 0 aliphatic carbocycles. The molecule has 8 aromatic carbocycles. The van der Waals surface area contributed by atoms with Gasteiger partial charge in [0.2, 0.25) is 0 Å². The van der Waals surface area contributed by atoms with Crippen molar-refractivity contribution in [3.8, 4) is 11.5 Å². The number of ketones is 1. The second-order valence-electron chi connectivity index (χ2n) is 15.1. The number of aromatic hydroxyl groups is 2. The van der Waals surface area contributed by atoms with Gasteiger partial charge in [-0.25, -0.2) is 9.59 Å². The fraction of sp³-hybridized carbons (Fsp3) is 0.0392. The third-order valence-corrected chi connectivity index (χ3v) is 10.3. The van der Waals surface area contributed by atoms with Crippen molar-refractivity contribution in [2.75, 3.05) is 10.6 Å². The molecule has 0 aromatic heterocycles. The lowest BCUT2D eigenvalue weighted by Gasteiger charge is -2.09. The molecule has 0 atom stereocenters. The van der Waals surface area contributed by atoms with Crippen molar-refractivity contribution in [2.45, 2.75) is 13.8 Å². The minimum Gasteiger partial charge on any atom is -0.506 e. The molecule has 0 saturated heterocycles. The monoisotopic (exact) mass is 874 g/mol. The van der Waals surface area contributed by atoms with E-state index in [-0.39, 0.29) is 39.8 Å². The molecule has 0 radical (unpaired) electrons. The lowest BCUT2D eigenvalue weighted by Crippen LogP contribution is -2.34. The topological polar surface area (TPSA) is 223 Å². The minimum atomic E-state index is -0.680. The van der Waals surface area contributed by atoms with Crippen LogP contribution in [0, 0.1) is 13.8 Å². The number of imide groups is 2. The predicted octanol–water partition coefficient (Wildman–Crippen LogP) is 12.0. The number of azo groups is 2. The maximum Gasteiger partial charge on any atom is 0.326 e. The normalized spacial score (nSPS) is 11.2. The molecule has 0 fully saturated rings. The van der Waals surface area contributed by atoms with E-state index in [4.69, 9.17) is 0 Å². The van der Waals surface area contributed by atoms with Gasteiger partial charge in [0, 0.05) is 44.4 Å². The number of aryl methyl sites for hydroxylation is 2. The van der Waals surface area contributed by atoms with E-state index in [1.165, 1.54) is 24.3 Å². The molecule has 0 unspecified atom stereocenters. The van der Waals surface area contributed by atoms with Crippen molar-refractivity contribution in [1.29, 1.82) is 0 Å². The number of phenols is 2. The zero-order valence-electron chi connectivity index (χ0n) is 35.2. The Morgan fingerprint density at radius 1 is 0.409 bits per heavy atom. The molecule has 8 rings (SSSR count). The first-order chi connectivity index (χ1) is 31.9. The summed E-state index contributed by atoms with van der Waals surface area (Å²) in [4.78, 5) is 64.0. The smallest absolute Gasteiger partial charge is 0.326 e. The highest BCUT2D eigenvalue weighted by molar-refractivity contribution is 6.11. The van der Waals surface area contributed by atoms with Crippen molar-refractivity contribution in [2.24, 2.45) is 20.5 Å². The molecule has 0 aliphatic heterocycles. The van der Waals surface area contributed by atoms with Gasteiger partial charge in [0.05, 0.1) is 11.4 Å². The SMILES string of the molecule is Cc1ccc(NC(=O)NC(=O)c2ccc3c(N=Nc4ccc(C(=O)c5ccc(N=Nc6c(O)ccc7cc(C(=O)NC(=O)Nc8ccc(C)cc8)ccc67)cc5)cc4)c(O)ccc3c2)cc1. The van der Waals surface area contributed by atoms with Gasteiger partial charge >= 0.3 is 12.1 Å². The average molecular weight is 875 g/mol. The Labute approximate surface area is 376 Å². The molecular formula is C51H38N8O7. The molecule has 6 N–H and O–H groups in total. The van der Waals surface area contributed by atoms with E-state index in [1.54, 1.807) is 109 Å². The summed E-state index contributed by atoms with van der Waals surface area (Å²) in [5.41, 5.74) is 5.50. The third kappa shape index (κ3) is 10.1. The highest BCUT2D eigenvalue weighted by atomic mass is 16.3. The number of hydrogen-bond donors (Lipinski definition) is 6. The van der Waals surface area contributed by atoms with Gasteiger partial charge in [-0.05, 0) is 134 Å². The first-order valence-electron chi connectivity index (χ1n) is 20.3. The van der Waals surface area contributed by atoms with Gasteiger partial charge in [-0.3, -0.25) is 25.0 Å². The Morgan fingerprint density at radius 2 is 0.773 bits per heavy atom. The summed E-state index contributed by atoms with van der Waals surface area (Å²) in [5, 5.41) is 50.5. The van der Waals surface area contributed by atoms with Crippen LogP contribution in [0.2, 0.25) is 0 Å². The van der Waals surface area contributed by atoms with Crippen LogP contribution in [0.1, 0.15) is 47.8 Å². The molecule has 66 heavy (non-hydrogen) atoms. The zero-order valence-corrected chi connectivity index (χ0v) is 35.2. The second kappa shape index (κ2) is 18.9. The molecule has 0 saturated carbocycles. The van der Waals surface area contributed by atoms with E-state index in [1.807, 2.05) is 38.1 Å². The highest BCUT2D eigenvalue weighted by Crippen LogP contribution is 2.38. The number of amides is 6. The Hall–Kier alpha value is -9.37. The standard InChI is InChI=1S/C51H38N8O7/c1-29-3-15-37(16-4-29)52-50(65)54-48(63)35-11-23-41-33(27-35)13-25-43(60)45(41)58-56-39-19-7-31(8-20-39)47(62)32-9-21-40(22-10-32)57-59-46-42-24-12-36(28-34(42)14-26-44(46)61)49(64)55-51(66)53-38-17-5-30(2)6-18-38/h3-28,60-61H,1-2H3,(H2,52,54,63,65)(H2,53,55,64,66). The number of hydrogen-bond acceptors (Lipinski definition) is 11. The summed E-state index contributed by atoms with van der Waals surface area (Å²) in [6, 6.07) is 41.3. The number of carbonyl (C=O) groups excluding carboxylic acids is 5. The first-order valence-corrected chi connectivity index (χ1v) is 20.3. The van der Waals surface area contributed by atoms with Gasteiger partial charge in [0.1, 0.15) is 22.9 Å². The molecule has 8 aromatic rings. The van der Waals surface area contributed by atoms with Crippen LogP contribution >= 0.6 is 0 Å². The maximum absolute atomic E-state index is 13.4. The van der Waals surface area contributed by atoms with Crippen LogP contribution in [0.3, 0.4) is 0 Å². The molecular weight excluding hydrogens is 837 g/mol. The summed E-state index contributed by atoms with van der Waals surface area (Å²) < 4.78 is 0. The number of nitrogens with one attached hydrogen (secondary N) is 4. The van der Waals surface area contributed by atoms with E-state index >= 15 is 0 Å². The van der Waals surface area contributed by atoms with E-state index in [0.717, 1.165) is 11.1 Å². The Morgan fingerprint density at radius 3 is 1.15 bits per heavy atom. The van der Waals surface area contributed by atoms with E-state index < -0.39 is 23.9 Å². The quantitative estimate of drug-likeness (QED) is 0.0575. The summed E-state index contributed by atoms with van der Waals surface area (Å²) in [7, 11) is 0. The first kappa shape index (κ1) is 43.3. The molecule has 15 nitrogen and oxygen atoms in total. The average Bonchev–Trinajstić information content (AvgIpc) is 3.32. The van der Waals surface area contributed by atoms with Gasteiger partial charge in [0.15, 0.2) is 5.78 Å². The lowest BCUT2D eigenvalue weighted by molar-refractivity contribution is 0.0957. The molecule has 0 aliphatic rings. The van der Waals surface area contributed by atoms with Gasteiger partial charge < -0.3 is 20.8 Å². The lowest BCUT2D eigenvalue weighted by atomic mass is 10.0. The Bertz CT molecular complexity index is 3040. The van der Waals surface area contributed by atoms with Crippen molar-refractivity contribution < 1.29 is 34.2 Å². The predicted molar refractivity (Wildman–Crippen MR) is 251 cm³/mol. The number of carbonyl (C=O) groups is 5. The Balaban J connectivity index is 0.890. The number of fused-ring (bicyclic) bond motifs is 2. The number of phenolic OH excluding ortho intramolecular Hbond substituents is 2. The van der Waals surface area contributed by atoms with Crippen LogP contribution in [-0.4, -0.2) is 39.9 Å². The van der Waals surface area contributed by atoms with Gasteiger partial charge in [-0.15, -0.1) is 10.2 Å². The fourth-order valence-corrected chi connectivity index (χ4v) is 6.79. The van der Waals surface area contributed by atoms with Gasteiger partial charge in [-0.1, -0.05) is 59.7 Å². The number of nitrogens with zero attached hydrogens (tertiary/aromatic N) is 4. The molecule has 0 spiro atoms. The van der Waals surface area contributed by atoms with Crippen LogP contribution in [0.5, 0.6) is 11.5 Å². The Kier molecular flexibility index (Phi) is 12.4. The van der Waals surface area contributed by atoms with E-state index in [2.05, 4.69) is 41.7 Å². The number of anilines is 2. The number of benzene rings is 8. The number of rotatable bonds is 10. The zero-order chi connectivity index (χ0) is 46.3. The van der Waals surface area contributed by atoms with Gasteiger partial charge in [-0.2, -0.15) is 10.2 Å². The molecule has 324 valence electrons. The second-order valence-corrected chi connectivity index (χ2v) is 15.1. The molecule has 0 bridgehead atoms. The van der Waals surface area contributed by atoms with E-state index in [9.17, 15) is 34.2 Å². The van der Waals surface area contributed by atoms with Crippen molar-refractivity contribution in [3.63, 3.8) is 0 Å². The molecule has 6 amide bonds. The fourth-order valence-electron chi connectivity index (χ4n) is 6.79. The van der Waals surface area contributed by atoms with E-state index in [0.29, 0.717) is 55.4 Å². The molecule has 0 heterocycles. The highest BCUT2D eigenvalue weighted by Gasteiger charge is 2.16. The van der Waals surface area contributed by atoms with Crippen molar-refractivity contribution >= 4 is 85.3 Å².